The van der Waals surface area contributed by atoms with Crippen molar-refractivity contribution in [1.82, 2.24) is 14.5 Å². The number of benzene rings is 1. The van der Waals surface area contributed by atoms with Crippen molar-refractivity contribution in [3.05, 3.63) is 57.5 Å². The van der Waals surface area contributed by atoms with E-state index in [0.29, 0.717) is 5.52 Å². The Bertz CT molecular complexity index is 1720. The number of pyridine rings is 1. The van der Waals surface area contributed by atoms with E-state index in [1.54, 1.807) is 22.0 Å². The smallest absolute Gasteiger partial charge is 0.345 e. The molecule has 0 bridgehead atoms. The molecule has 4 aromatic heterocycles. The van der Waals surface area contributed by atoms with Gasteiger partial charge in [-0.2, -0.15) is 0 Å². The van der Waals surface area contributed by atoms with E-state index in [9.17, 15) is 19.8 Å². The Morgan fingerprint density at radius 3 is 2.47 bits per heavy atom. The summed E-state index contributed by atoms with van der Waals surface area (Å²) in [5.74, 6) is -1.67. The molecule has 4 heterocycles. The third kappa shape index (κ3) is 4.29. The zero-order valence-electron chi connectivity index (χ0n) is 21.2. The lowest BCUT2D eigenvalue weighted by Gasteiger charge is -2.23. The predicted molar refractivity (Wildman–Crippen MR) is 152 cm³/mol. The van der Waals surface area contributed by atoms with Gasteiger partial charge < -0.3 is 14.8 Å². The highest BCUT2D eigenvalue weighted by atomic mass is 32.1. The van der Waals surface area contributed by atoms with Gasteiger partial charge in [-0.3, -0.25) is 4.79 Å². The normalized spacial score (nSPS) is 14.5. The van der Waals surface area contributed by atoms with E-state index in [0.717, 1.165) is 79.4 Å². The Morgan fingerprint density at radius 1 is 1.00 bits per heavy atom. The minimum atomic E-state index is -0.983. The van der Waals surface area contributed by atoms with Crippen molar-refractivity contribution in [3.63, 3.8) is 0 Å². The van der Waals surface area contributed by atoms with Crippen molar-refractivity contribution in [2.75, 3.05) is 0 Å². The van der Waals surface area contributed by atoms with Crippen molar-refractivity contribution in [3.8, 4) is 21.8 Å². The lowest BCUT2D eigenvalue weighted by atomic mass is 9.83. The number of fused-ring (bicyclic) bond motifs is 2. The first-order valence-corrected chi connectivity index (χ1v) is 14.4. The van der Waals surface area contributed by atoms with E-state index in [1.165, 1.54) is 17.8 Å². The average Bonchev–Trinajstić information content (AvgIpc) is 3.56. The fourth-order valence-corrected chi connectivity index (χ4v) is 7.82. The number of rotatable bonds is 6. The van der Waals surface area contributed by atoms with Crippen LogP contribution in [0, 0.1) is 13.8 Å². The topological polar surface area (TPSA) is 105 Å². The van der Waals surface area contributed by atoms with Gasteiger partial charge in [0.15, 0.2) is 0 Å². The maximum atomic E-state index is 12.0. The van der Waals surface area contributed by atoms with Crippen LogP contribution in [0.15, 0.2) is 36.4 Å². The summed E-state index contributed by atoms with van der Waals surface area (Å²) in [6.45, 7) is 3.76. The number of hydrogen-bond donors (Lipinski definition) is 2. The van der Waals surface area contributed by atoms with E-state index in [1.807, 2.05) is 32.0 Å². The van der Waals surface area contributed by atoms with Gasteiger partial charge in [0.25, 0.3) is 0 Å². The first-order valence-electron chi connectivity index (χ1n) is 12.8. The van der Waals surface area contributed by atoms with Gasteiger partial charge in [0.1, 0.15) is 11.4 Å². The van der Waals surface area contributed by atoms with E-state index >= 15 is 0 Å². The van der Waals surface area contributed by atoms with Gasteiger partial charge >= 0.3 is 11.9 Å². The summed E-state index contributed by atoms with van der Waals surface area (Å²) < 4.78 is 2.70. The molecule has 0 aliphatic heterocycles. The summed E-state index contributed by atoms with van der Waals surface area (Å²) >= 11 is 2.89. The number of thiazole rings is 1. The lowest BCUT2D eigenvalue weighted by molar-refractivity contribution is -0.137. The summed E-state index contributed by atoms with van der Waals surface area (Å²) in [7, 11) is 0. The Morgan fingerprint density at radius 2 is 1.79 bits per heavy atom. The van der Waals surface area contributed by atoms with Crippen molar-refractivity contribution >= 4 is 55.7 Å². The monoisotopic (exact) mass is 545 g/mol. The standard InChI is InChI=1S/C29H27N3O4S2/c1-15-27(37-16(2)30-15)21-11-8-18-12-19(9-10-20(18)31-21)26-25(17-6-4-3-5-7-17)28-22(32(26)14-24(33)34)13-23(38-28)29(35)36/h8-13,17H,3-7,14H2,1-2H3,(H,33,34)(H,35,36). The molecule has 0 saturated heterocycles. The molecule has 1 saturated carbocycles. The number of aromatic carboxylic acids is 1. The molecule has 1 aliphatic rings. The highest BCUT2D eigenvalue weighted by molar-refractivity contribution is 7.21. The number of thiophene rings is 1. The predicted octanol–water partition coefficient (Wildman–Crippen LogP) is 7.49. The molecule has 194 valence electrons. The van der Waals surface area contributed by atoms with Crippen molar-refractivity contribution in [2.24, 2.45) is 0 Å². The molecular weight excluding hydrogens is 518 g/mol. The van der Waals surface area contributed by atoms with Crippen LogP contribution in [-0.2, 0) is 11.3 Å². The number of carboxylic acid groups (broad SMARTS) is 2. The van der Waals surface area contributed by atoms with E-state index in [2.05, 4.69) is 17.1 Å². The number of hydrogen-bond acceptors (Lipinski definition) is 6. The fraction of sp³-hybridized carbons (Fsp3) is 0.310. The largest absolute Gasteiger partial charge is 0.480 e. The zero-order chi connectivity index (χ0) is 26.6. The summed E-state index contributed by atoms with van der Waals surface area (Å²) in [6, 6.07) is 11.8. The van der Waals surface area contributed by atoms with Gasteiger partial charge in [0.05, 0.1) is 42.7 Å². The molecule has 5 aromatic rings. The van der Waals surface area contributed by atoms with Crippen LogP contribution in [0.3, 0.4) is 0 Å². The summed E-state index contributed by atoms with van der Waals surface area (Å²) in [5.41, 5.74) is 6.33. The van der Waals surface area contributed by atoms with Gasteiger partial charge in [0, 0.05) is 5.39 Å². The second-order valence-electron chi connectivity index (χ2n) is 9.96. The van der Waals surface area contributed by atoms with Gasteiger partial charge in [-0.05, 0) is 68.0 Å². The van der Waals surface area contributed by atoms with Crippen molar-refractivity contribution < 1.29 is 19.8 Å². The minimum absolute atomic E-state index is 0.229. The molecular formula is C29H27N3O4S2. The molecule has 0 amide bonds. The second-order valence-corrected chi connectivity index (χ2v) is 12.2. The van der Waals surface area contributed by atoms with Crippen LogP contribution in [0.1, 0.15) is 64.0 Å². The molecule has 7 nitrogen and oxygen atoms in total. The second kappa shape index (κ2) is 9.63. The molecule has 0 radical (unpaired) electrons. The number of carboxylic acids is 2. The first-order chi connectivity index (χ1) is 18.3. The van der Waals surface area contributed by atoms with Gasteiger partial charge in [-0.15, -0.1) is 22.7 Å². The van der Waals surface area contributed by atoms with Crippen LogP contribution >= 0.6 is 22.7 Å². The molecule has 9 heteroatoms. The van der Waals surface area contributed by atoms with Gasteiger partial charge in [0.2, 0.25) is 0 Å². The SMILES string of the molecule is Cc1nc(C)c(-c2ccc3cc(-c4c(C5CCCCC5)c5sc(C(=O)O)cc5n4CC(=O)O)ccc3n2)s1. The van der Waals surface area contributed by atoms with E-state index in [-0.39, 0.29) is 17.3 Å². The van der Waals surface area contributed by atoms with Crippen LogP contribution in [0.4, 0.5) is 0 Å². The summed E-state index contributed by atoms with van der Waals surface area (Å²) in [4.78, 5) is 34.6. The highest BCUT2D eigenvalue weighted by Crippen LogP contribution is 2.47. The third-order valence-corrected chi connectivity index (χ3v) is 9.63. The quantitative estimate of drug-likeness (QED) is 0.229. The number of nitrogens with zero attached hydrogens (tertiary/aromatic N) is 3. The molecule has 1 aromatic carbocycles. The third-order valence-electron chi connectivity index (χ3n) is 7.39. The van der Waals surface area contributed by atoms with Gasteiger partial charge in [-0.1, -0.05) is 31.4 Å². The lowest BCUT2D eigenvalue weighted by Crippen LogP contribution is -2.12. The van der Waals surface area contributed by atoms with E-state index in [4.69, 9.17) is 4.98 Å². The Balaban J connectivity index is 1.55. The number of carbonyl (C=O) groups is 2. The maximum Gasteiger partial charge on any atom is 0.345 e. The molecule has 6 rings (SSSR count). The highest BCUT2D eigenvalue weighted by Gasteiger charge is 2.29. The Kier molecular flexibility index (Phi) is 6.28. The van der Waals surface area contributed by atoms with Crippen LogP contribution in [-0.4, -0.2) is 36.7 Å². The van der Waals surface area contributed by atoms with Gasteiger partial charge in [-0.25, -0.2) is 14.8 Å². The maximum absolute atomic E-state index is 12.0. The summed E-state index contributed by atoms with van der Waals surface area (Å²) in [6.07, 6.45) is 5.47. The number of aryl methyl sites for hydroxylation is 2. The van der Waals surface area contributed by atoms with Crippen LogP contribution in [0.2, 0.25) is 0 Å². The zero-order valence-corrected chi connectivity index (χ0v) is 22.8. The molecule has 0 unspecified atom stereocenters. The van der Waals surface area contributed by atoms with Crippen LogP contribution in [0.25, 0.3) is 42.9 Å². The molecule has 2 N–H and O–H groups in total. The number of aliphatic carboxylic acids is 1. The number of aromatic nitrogens is 3. The first kappa shape index (κ1) is 24.8. The Hall–Kier alpha value is -3.56. The molecule has 0 atom stereocenters. The minimum Gasteiger partial charge on any atom is -0.480 e. The molecule has 38 heavy (non-hydrogen) atoms. The molecule has 1 aliphatic carbocycles. The molecule has 0 spiro atoms. The molecule has 1 fully saturated rings. The van der Waals surface area contributed by atoms with Crippen LogP contribution in [0.5, 0.6) is 0 Å². The summed E-state index contributed by atoms with van der Waals surface area (Å²) in [5, 5.41) is 21.5. The Labute approximate surface area is 227 Å². The average molecular weight is 546 g/mol. The van der Waals surface area contributed by atoms with Crippen molar-refractivity contribution in [1.29, 1.82) is 0 Å². The van der Waals surface area contributed by atoms with E-state index < -0.39 is 11.9 Å². The fourth-order valence-electron chi connectivity index (χ4n) is 5.80. The van der Waals surface area contributed by atoms with Crippen LogP contribution < -0.4 is 0 Å². The van der Waals surface area contributed by atoms with Crippen molar-refractivity contribution in [2.45, 2.75) is 58.4 Å².